The molecule has 6 heteroatoms. The second kappa shape index (κ2) is 9.02. The number of hydrogen-bond donors (Lipinski definition) is 1. The van der Waals surface area contributed by atoms with Crippen LogP contribution in [0.4, 0.5) is 5.69 Å². The molecule has 1 aliphatic rings. The fraction of sp³-hybridized carbons (Fsp3) is 0.333. The van der Waals surface area contributed by atoms with Crippen LogP contribution in [-0.4, -0.2) is 54.3 Å². The van der Waals surface area contributed by atoms with Gasteiger partial charge < -0.3 is 10.2 Å². The molecule has 1 saturated heterocycles. The predicted octanol–water partition coefficient (Wildman–Crippen LogP) is 3.44. The van der Waals surface area contributed by atoms with Gasteiger partial charge in [0.25, 0.3) is 5.91 Å². The highest BCUT2D eigenvalue weighted by atomic mass is 35.5. The van der Waals surface area contributed by atoms with Crippen molar-refractivity contribution in [3.05, 3.63) is 64.7 Å². The van der Waals surface area contributed by atoms with Crippen molar-refractivity contribution in [1.29, 1.82) is 0 Å². The topological polar surface area (TPSA) is 52.7 Å². The molecular weight excluding hydrogens is 362 g/mol. The minimum Gasteiger partial charge on any atom is -0.337 e. The van der Waals surface area contributed by atoms with Gasteiger partial charge in [0, 0.05) is 31.9 Å². The number of rotatable bonds is 4. The number of halogens is 1. The van der Waals surface area contributed by atoms with Crippen LogP contribution in [-0.2, 0) is 4.79 Å². The summed E-state index contributed by atoms with van der Waals surface area (Å²) in [5.74, 6) is -0.0868. The summed E-state index contributed by atoms with van der Waals surface area (Å²) in [7, 11) is 0. The van der Waals surface area contributed by atoms with Crippen LogP contribution in [0.3, 0.4) is 0 Å². The first-order chi connectivity index (χ1) is 13.0. The van der Waals surface area contributed by atoms with E-state index in [-0.39, 0.29) is 11.8 Å². The van der Waals surface area contributed by atoms with Crippen molar-refractivity contribution in [3.8, 4) is 0 Å². The van der Waals surface area contributed by atoms with Gasteiger partial charge >= 0.3 is 0 Å². The molecule has 27 heavy (non-hydrogen) atoms. The third kappa shape index (κ3) is 5.31. The number of carbonyl (C=O) groups is 2. The summed E-state index contributed by atoms with van der Waals surface area (Å²) in [5, 5.41) is 3.40. The Morgan fingerprint density at radius 3 is 2.48 bits per heavy atom. The number of benzene rings is 2. The lowest BCUT2D eigenvalue weighted by Gasteiger charge is -2.22. The zero-order valence-corrected chi connectivity index (χ0v) is 16.2. The first-order valence-corrected chi connectivity index (χ1v) is 9.53. The van der Waals surface area contributed by atoms with Crippen molar-refractivity contribution < 1.29 is 9.59 Å². The summed E-state index contributed by atoms with van der Waals surface area (Å²) in [5.41, 5.74) is 2.49. The normalized spacial score (nSPS) is 15.3. The van der Waals surface area contributed by atoms with Crippen LogP contribution in [0, 0.1) is 6.92 Å². The van der Waals surface area contributed by atoms with Crippen molar-refractivity contribution >= 4 is 29.1 Å². The first kappa shape index (κ1) is 19.4. The summed E-state index contributed by atoms with van der Waals surface area (Å²) in [6.45, 7) is 5.04. The van der Waals surface area contributed by atoms with Crippen molar-refractivity contribution in [3.63, 3.8) is 0 Å². The van der Waals surface area contributed by atoms with E-state index in [9.17, 15) is 9.59 Å². The van der Waals surface area contributed by atoms with Gasteiger partial charge in [-0.1, -0.05) is 41.4 Å². The maximum atomic E-state index is 12.7. The molecule has 5 nitrogen and oxygen atoms in total. The molecule has 1 N–H and O–H groups in total. The van der Waals surface area contributed by atoms with E-state index in [2.05, 4.69) is 10.2 Å². The van der Waals surface area contributed by atoms with Crippen LogP contribution < -0.4 is 5.32 Å². The van der Waals surface area contributed by atoms with Gasteiger partial charge in [0.1, 0.15) is 0 Å². The smallest absolute Gasteiger partial charge is 0.255 e. The molecule has 2 aromatic rings. The maximum absolute atomic E-state index is 12.7. The van der Waals surface area contributed by atoms with Crippen molar-refractivity contribution in [2.45, 2.75) is 13.3 Å². The van der Waals surface area contributed by atoms with E-state index >= 15 is 0 Å². The molecule has 0 spiro atoms. The van der Waals surface area contributed by atoms with Crippen molar-refractivity contribution in [2.75, 3.05) is 38.0 Å². The van der Waals surface area contributed by atoms with Gasteiger partial charge in [-0.05, 0) is 37.6 Å². The highest BCUT2D eigenvalue weighted by molar-refractivity contribution is 6.33. The van der Waals surface area contributed by atoms with Gasteiger partial charge in [0.2, 0.25) is 5.91 Å². The number of nitrogens with one attached hydrogen (secondary N) is 1. The summed E-state index contributed by atoms with van der Waals surface area (Å²) >= 11 is 6.15. The monoisotopic (exact) mass is 385 g/mol. The maximum Gasteiger partial charge on any atom is 0.255 e. The third-order valence-corrected chi connectivity index (χ3v) is 5.01. The Kier molecular flexibility index (Phi) is 6.48. The van der Waals surface area contributed by atoms with E-state index in [0.717, 1.165) is 24.2 Å². The average Bonchev–Trinajstić information content (AvgIpc) is 2.89. The van der Waals surface area contributed by atoms with Crippen LogP contribution in [0.25, 0.3) is 0 Å². The standard InChI is InChI=1S/C21H24ClN3O2/c1-16-7-9-17(10-8-16)23-20(26)15-24-11-4-12-25(14-13-24)21(27)18-5-2-3-6-19(18)22/h2-3,5-10H,4,11-15H2,1H3,(H,23,26). The number of nitrogens with zero attached hydrogens (tertiary/aromatic N) is 2. The number of aryl methyl sites for hydroxylation is 1. The summed E-state index contributed by atoms with van der Waals surface area (Å²) in [4.78, 5) is 28.9. The largest absolute Gasteiger partial charge is 0.337 e. The molecule has 1 aliphatic heterocycles. The number of hydrogen-bond acceptors (Lipinski definition) is 3. The van der Waals surface area contributed by atoms with Gasteiger partial charge in [0.15, 0.2) is 0 Å². The second-order valence-electron chi connectivity index (χ2n) is 6.82. The Balaban J connectivity index is 1.53. The average molecular weight is 386 g/mol. The second-order valence-corrected chi connectivity index (χ2v) is 7.22. The van der Waals surface area contributed by atoms with E-state index in [0.29, 0.717) is 36.8 Å². The Labute approximate surface area is 164 Å². The highest BCUT2D eigenvalue weighted by Crippen LogP contribution is 2.18. The van der Waals surface area contributed by atoms with E-state index in [1.165, 1.54) is 0 Å². The summed E-state index contributed by atoms with van der Waals surface area (Å²) in [6.07, 6.45) is 0.827. The molecule has 0 bridgehead atoms. The zero-order valence-electron chi connectivity index (χ0n) is 15.5. The molecule has 0 saturated carbocycles. The van der Waals surface area contributed by atoms with E-state index in [1.807, 2.05) is 48.2 Å². The molecule has 142 valence electrons. The van der Waals surface area contributed by atoms with Gasteiger partial charge in [-0.25, -0.2) is 0 Å². The molecule has 3 rings (SSSR count). The minimum absolute atomic E-state index is 0.0373. The fourth-order valence-corrected chi connectivity index (χ4v) is 3.39. The van der Waals surface area contributed by atoms with Crippen LogP contribution in [0.15, 0.2) is 48.5 Å². The van der Waals surface area contributed by atoms with Gasteiger partial charge in [-0.2, -0.15) is 0 Å². The molecule has 0 aliphatic carbocycles. The quantitative estimate of drug-likeness (QED) is 0.877. The predicted molar refractivity (Wildman–Crippen MR) is 108 cm³/mol. The van der Waals surface area contributed by atoms with Crippen LogP contribution in [0.2, 0.25) is 5.02 Å². The van der Waals surface area contributed by atoms with Crippen molar-refractivity contribution in [1.82, 2.24) is 9.80 Å². The lowest BCUT2D eigenvalue weighted by molar-refractivity contribution is -0.117. The Morgan fingerprint density at radius 2 is 1.74 bits per heavy atom. The lowest BCUT2D eigenvalue weighted by atomic mass is 10.2. The molecule has 0 aromatic heterocycles. The number of anilines is 1. The van der Waals surface area contributed by atoms with Gasteiger partial charge in [0.05, 0.1) is 17.1 Å². The molecule has 1 fully saturated rings. The molecule has 0 unspecified atom stereocenters. The zero-order chi connectivity index (χ0) is 19.2. The Hall–Kier alpha value is -2.37. The Morgan fingerprint density at radius 1 is 1.00 bits per heavy atom. The fourth-order valence-electron chi connectivity index (χ4n) is 3.18. The summed E-state index contributed by atoms with van der Waals surface area (Å²) in [6, 6.07) is 14.9. The molecular formula is C21H24ClN3O2. The molecule has 2 aromatic carbocycles. The van der Waals surface area contributed by atoms with E-state index in [4.69, 9.17) is 11.6 Å². The highest BCUT2D eigenvalue weighted by Gasteiger charge is 2.22. The van der Waals surface area contributed by atoms with Crippen molar-refractivity contribution in [2.24, 2.45) is 0 Å². The number of carbonyl (C=O) groups excluding carboxylic acids is 2. The van der Waals surface area contributed by atoms with Crippen LogP contribution in [0.5, 0.6) is 0 Å². The van der Waals surface area contributed by atoms with Crippen LogP contribution in [0.1, 0.15) is 22.3 Å². The van der Waals surface area contributed by atoms with E-state index < -0.39 is 0 Å². The Bertz CT molecular complexity index is 807. The molecule has 0 atom stereocenters. The first-order valence-electron chi connectivity index (χ1n) is 9.15. The SMILES string of the molecule is Cc1ccc(NC(=O)CN2CCCN(C(=O)c3ccccc3Cl)CC2)cc1. The minimum atomic E-state index is -0.0495. The molecule has 1 heterocycles. The third-order valence-electron chi connectivity index (χ3n) is 4.68. The van der Waals surface area contributed by atoms with Crippen LogP contribution >= 0.6 is 11.6 Å². The molecule has 2 amide bonds. The van der Waals surface area contributed by atoms with Gasteiger partial charge in [-0.15, -0.1) is 0 Å². The van der Waals surface area contributed by atoms with E-state index in [1.54, 1.807) is 12.1 Å². The lowest BCUT2D eigenvalue weighted by Crippen LogP contribution is -2.38. The molecule has 0 radical (unpaired) electrons. The number of amides is 2. The summed E-state index contributed by atoms with van der Waals surface area (Å²) < 4.78 is 0. The van der Waals surface area contributed by atoms with Gasteiger partial charge in [-0.3, -0.25) is 14.5 Å².